The summed E-state index contributed by atoms with van der Waals surface area (Å²) in [5, 5.41) is 0.727. The standard InChI is InChI=1S/C7H7Cl2N.2ClH/c1-5-6(9)2-3-10-7(5)4-8;;/h2-3H,4H2,1H3;2*1H. The third-order valence-electron chi connectivity index (χ3n) is 1.37. The first-order valence-electron chi connectivity index (χ1n) is 2.91. The number of nitrogens with zero attached hydrogens (tertiary/aromatic N) is 1. The number of alkyl halides is 1. The molecule has 0 fully saturated rings. The fraction of sp³-hybridized carbons (Fsp3) is 0.286. The van der Waals surface area contributed by atoms with Gasteiger partial charge in [-0.2, -0.15) is 0 Å². The molecule has 1 nitrogen and oxygen atoms in total. The van der Waals surface area contributed by atoms with E-state index in [0.717, 1.165) is 16.3 Å². The van der Waals surface area contributed by atoms with Crippen molar-refractivity contribution in [1.29, 1.82) is 0 Å². The molecule has 70 valence electrons. The maximum atomic E-state index is 5.79. The summed E-state index contributed by atoms with van der Waals surface area (Å²) in [7, 11) is 0. The second kappa shape index (κ2) is 6.79. The Morgan fingerprint density at radius 3 is 2.42 bits per heavy atom. The van der Waals surface area contributed by atoms with Gasteiger partial charge in [-0.3, -0.25) is 4.98 Å². The first-order chi connectivity index (χ1) is 4.75. The normalized spacial score (nSPS) is 8.25. The van der Waals surface area contributed by atoms with E-state index < -0.39 is 0 Å². The maximum Gasteiger partial charge on any atom is 0.0650 e. The number of rotatable bonds is 1. The Labute approximate surface area is 94.3 Å². The molecule has 0 saturated carbocycles. The summed E-state index contributed by atoms with van der Waals surface area (Å²) >= 11 is 11.4. The van der Waals surface area contributed by atoms with Crippen molar-refractivity contribution < 1.29 is 0 Å². The Balaban J connectivity index is 0. The molecule has 0 aliphatic rings. The minimum Gasteiger partial charge on any atom is -0.260 e. The summed E-state index contributed by atoms with van der Waals surface area (Å²) in [6.45, 7) is 1.91. The smallest absolute Gasteiger partial charge is 0.0650 e. The van der Waals surface area contributed by atoms with Gasteiger partial charge in [-0.1, -0.05) is 11.6 Å². The van der Waals surface area contributed by atoms with Gasteiger partial charge < -0.3 is 0 Å². The average molecular weight is 249 g/mol. The van der Waals surface area contributed by atoms with Crippen LogP contribution in [0.3, 0.4) is 0 Å². The van der Waals surface area contributed by atoms with Gasteiger partial charge in [-0.15, -0.1) is 36.4 Å². The molecule has 1 aromatic rings. The summed E-state index contributed by atoms with van der Waals surface area (Å²) in [6.07, 6.45) is 1.66. The number of pyridine rings is 1. The van der Waals surface area contributed by atoms with Crippen LogP contribution in [0.25, 0.3) is 0 Å². The lowest BCUT2D eigenvalue weighted by Crippen LogP contribution is -1.89. The van der Waals surface area contributed by atoms with Crippen LogP contribution in [0.4, 0.5) is 0 Å². The van der Waals surface area contributed by atoms with Crippen LogP contribution in [0, 0.1) is 6.92 Å². The zero-order chi connectivity index (χ0) is 7.56. The molecule has 0 aliphatic heterocycles. The van der Waals surface area contributed by atoms with Gasteiger partial charge in [0.15, 0.2) is 0 Å². The average Bonchev–Trinajstić information content (AvgIpc) is 1.95. The van der Waals surface area contributed by atoms with Gasteiger partial charge in [0.2, 0.25) is 0 Å². The summed E-state index contributed by atoms with van der Waals surface area (Å²) in [5.41, 5.74) is 1.83. The first-order valence-corrected chi connectivity index (χ1v) is 3.83. The predicted octanol–water partition coefficient (Wildman–Crippen LogP) is 3.63. The van der Waals surface area contributed by atoms with E-state index in [1.165, 1.54) is 0 Å². The summed E-state index contributed by atoms with van der Waals surface area (Å²) in [6, 6.07) is 1.76. The van der Waals surface area contributed by atoms with E-state index in [-0.39, 0.29) is 24.8 Å². The number of aromatic nitrogens is 1. The lowest BCUT2D eigenvalue weighted by atomic mass is 10.2. The molecule has 0 aliphatic carbocycles. The van der Waals surface area contributed by atoms with E-state index in [0.29, 0.717) is 5.88 Å². The van der Waals surface area contributed by atoms with Crippen LogP contribution in [0.15, 0.2) is 12.3 Å². The van der Waals surface area contributed by atoms with Crippen molar-refractivity contribution in [2.75, 3.05) is 0 Å². The highest BCUT2D eigenvalue weighted by Gasteiger charge is 2.00. The van der Waals surface area contributed by atoms with Crippen molar-refractivity contribution in [3.8, 4) is 0 Å². The van der Waals surface area contributed by atoms with Gasteiger partial charge in [-0.05, 0) is 18.6 Å². The lowest BCUT2D eigenvalue weighted by molar-refractivity contribution is 1.12. The van der Waals surface area contributed by atoms with Crippen molar-refractivity contribution >= 4 is 48.0 Å². The van der Waals surface area contributed by atoms with Crippen molar-refractivity contribution in [2.45, 2.75) is 12.8 Å². The zero-order valence-corrected chi connectivity index (χ0v) is 9.53. The maximum absolute atomic E-state index is 5.79. The first kappa shape index (κ1) is 14.8. The molecule has 12 heavy (non-hydrogen) atoms. The van der Waals surface area contributed by atoms with Crippen LogP contribution in [-0.4, -0.2) is 4.98 Å². The van der Waals surface area contributed by atoms with Crippen molar-refractivity contribution in [2.24, 2.45) is 0 Å². The van der Waals surface area contributed by atoms with E-state index in [1.807, 2.05) is 6.92 Å². The molecule has 0 saturated heterocycles. The number of halogens is 4. The fourth-order valence-electron chi connectivity index (χ4n) is 0.687. The van der Waals surface area contributed by atoms with E-state index in [9.17, 15) is 0 Å². The highest BCUT2D eigenvalue weighted by Crippen LogP contribution is 2.17. The van der Waals surface area contributed by atoms with Crippen LogP contribution < -0.4 is 0 Å². The SMILES string of the molecule is Cc1c(Cl)ccnc1CCl.Cl.Cl. The van der Waals surface area contributed by atoms with Gasteiger partial charge >= 0.3 is 0 Å². The molecule has 0 spiro atoms. The monoisotopic (exact) mass is 247 g/mol. The second-order valence-corrected chi connectivity index (χ2v) is 2.67. The highest BCUT2D eigenvalue weighted by atomic mass is 35.5. The van der Waals surface area contributed by atoms with Crippen LogP contribution in [0.5, 0.6) is 0 Å². The Bertz CT molecular complexity index is 239. The van der Waals surface area contributed by atoms with Gasteiger partial charge in [0.1, 0.15) is 0 Å². The molecule has 1 aromatic heterocycles. The quantitative estimate of drug-likeness (QED) is 0.692. The van der Waals surface area contributed by atoms with Gasteiger partial charge in [-0.25, -0.2) is 0 Å². The molecule has 0 atom stereocenters. The van der Waals surface area contributed by atoms with Gasteiger partial charge in [0.25, 0.3) is 0 Å². The van der Waals surface area contributed by atoms with Crippen LogP contribution in [0.2, 0.25) is 5.02 Å². The molecule has 0 bridgehead atoms. The fourth-order valence-corrected chi connectivity index (χ4v) is 1.12. The molecule has 5 heteroatoms. The Kier molecular flexibility index (Phi) is 8.38. The molecule has 1 rings (SSSR count). The number of hydrogen-bond acceptors (Lipinski definition) is 1. The molecule has 0 unspecified atom stereocenters. The summed E-state index contributed by atoms with van der Waals surface area (Å²) in [4.78, 5) is 4.04. The molecular weight excluding hydrogens is 240 g/mol. The second-order valence-electron chi connectivity index (χ2n) is 2.00. The summed E-state index contributed by atoms with van der Waals surface area (Å²) < 4.78 is 0. The third kappa shape index (κ3) is 3.36. The van der Waals surface area contributed by atoms with Crippen LogP contribution in [0.1, 0.15) is 11.3 Å². The van der Waals surface area contributed by atoms with Crippen molar-refractivity contribution in [3.63, 3.8) is 0 Å². The van der Waals surface area contributed by atoms with Crippen LogP contribution in [-0.2, 0) is 5.88 Å². The minimum absolute atomic E-state index is 0. The zero-order valence-electron chi connectivity index (χ0n) is 6.38. The van der Waals surface area contributed by atoms with Crippen molar-refractivity contribution in [1.82, 2.24) is 4.98 Å². The van der Waals surface area contributed by atoms with E-state index in [4.69, 9.17) is 23.2 Å². The molecule has 1 heterocycles. The van der Waals surface area contributed by atoms with E-state index in [2.05, 4.69) is 4.98 Å². The molecule has 0 amide bonds. The van der Waals surface area contributed by atoms with Gasteiger partial charge in [0.05, 0.1) is 11.6 Å². The summed E-state index contributed by atoms with van der Waals surface area (Å²) in [5.74, 6) is 0.423. The largest absolute Gasteiger partial charge is 0.260 e. The van der Waals surface area contributed by atoms with E-state index in [1.54, 1.807) is 12.3 Å². The van der Waals surface area contributed by atoms with Gasteiger partial charge in [0, 0.05) is 11.2 Å². The minimum atomic E-state index is 0. The lowest BCUT2D eigenvalue weighted by Gasteiger charge is -2.00. The molecule has 0 aromatic carbocycles. The Hall–Kier alpha value is 0.310. The third-order valence-corrected chi connectivity index (χ3v) is 2.03. The van der Waals surface area contributed by atoms with Crippen LogP contribution >= 0.6 is 48.0 Å². The van der Waals surface area contributed by atoms with Crippen molar-refractivity contribution in [3.05, 3.63) is 28.5 Å². The Morgan fingerprint density at radius 1 is 1.42 bits per heavy atom. The Morgan fingerprint density at radius 2 is 2.00 bits per heavy atom. The topological polar surface area (TPSA) is 12.9 Å². The highest BCUT2D eigenvalue weighted by molar-refractivity contribution is 6.31. The van der Waals surface area contributed by atoms with E-state index >= 15 is 0 Å². The molecular formula is C7H9Cl4N. The number of hydrogen-bond donors (Lipinski definition) is 0. The molecule has 0 N–H and O–H groups in total. The molecule has 0 radical (unpaired) electrons. The predicted molar refractivity (Wildman–Crippen MR) is 58.0 cm³/mol.